The number of carboxylic acid groups (broad SMARTS) is 1. The van der Waals surface area contributed by atoms with Gasteiger partial charge in [0, 0.05) is 23.7 Å². The van der Waals surface area contributed by atoms with Crippen molar-refractivity contribution < 1.29 is 19.5 Å². The molecule has 0 bridgehead atoms. The lowest BCUT2D eigenvalue weighted by Crippen LogP contribution is -2.39. The number of rotatable bonds is 6. The Morgan fingerprint density at radius 3 is 2.00 bits per heavy atom. The first-order valence-electron chi connectivity index (χ1n) is 6.89. The van der Waals surface area contributed by atoms with Gasteiger partial charge in [0.2, 0.25) is 5.91 Å². The molecule has 1 amide bonds. The maximum Gasteiger partial charge on any atom is 0.308 e. The number of nitrogens with zero attached hydrogens (tertiary/aromatic N) is 1. The van der Waals surface area contributed by atoms with Gasteiger partial charge in [0.25, 0.3) is 0 Å². The Labute approximate surface area is 124 Å². The number of benzene rings is 1. The highest BCUT2D eigenvalue weighted by Gasteiger charge is 2.23. The molecule has 0 heterocycles. The summed E-state index contributed by atoms with van der Waals surface area (Å²) in [6.45, 7) is 6.67. The van der Waals surface area contributed by atoms with Crippen molar-refractivity contribution in [3.05, 3.63) is 29.8 Å². The molecule has 0 spiro atoms. The summed E-state index contributed by atoms with van der Waals surface area (Å²) in [6, 6.07) is 6.63. The van der Waals surface area contributed by atoms with Gasteiger partial charge in [-0.05, 0) is 31.2 Å². The largest absolute Gasteiger partial charge is 0.481 e. The first kappa shape index (κ1) is 16.9. The number of anilines is 1. The van der Waals surface area contributed by atoms with E-state index >= 15 is 0 Å². The lowest BCUT2D eigenvalue weighted by molar-refractivity contribution is -0.140. The molecule has 1 rings (SSSR count). The molecule has 0 saturated heterocycles. The molecule has 114 valence electrons. The molecule has 21 heavy (non-hydrogen) atoms. The van der Waals surface area contributed by atoms with E-state index in [1.807, 2.05) is 0 Å². The number of aliphatic carboxylic acids is 1. The van der Waals surface area contributed by atoms with Crippen LogP contribution in [0.4, 0.5) is 5.69 Å². The van der Waals surface area contributed by atoms with Crippen molar-refractivity contribution >= 4 is 23.3 Å². The number of hydrogen-bond donors (Lipinski definition) is 1. The first-order chi connectivity index (χ1) is 9.73. The van der Waals surface area contributed by atoms with Gasteiger partial charge in [-0.3, -0.25) is 14.4 Å². The Hall–Kier alpha value is -2.17. The van der Waals surface area contributed by atoms with E-state index < -0.39 is 11.9 Å². The van der Waals surface area contributed by atoms with Crippen LogP contribution in [0.1, 0.15) is 38.1 Å². The average Bonchev–Trinajstić information content (AvgIpc) is 2.43. The van der Waals surface area contributed by atoms with Crippen molar-refractivity contribution in [3.63, 3.8) is 0 Å². The summed E-state index contributed by atoms with van der Waals surface area (Å²) < 4.78 is 0. The second kappa shape index (κ2) is 7.02. The molecule has 1 unspecified atom stereocenters. The molecule has 0 saturated carbocycles. The van der Waals surface area contributed by atoms with Gasteiger partial charge in [-0.1, -0.05) is 20.8 Å². The van der Waals surface area contributed by atoms with Crippen LogP contribution in [0.25, 0.3) is 0 Å². The fourth-order valence-corrected chi connectivity index (χ4v) is 1.86. The molecule has 0 aliphatic heterocycles. The van der Waals surface area contributed by atoms with Crippen LogP contribution in [0.15, 0.2) is 24.3 Å². The molecule has 1 N–H and O–H groups in total. The first-order valence-corrected chi connectivity index (χ1v) is 6.89. The number of carbonyl (C=O) groups excluding carboxylic acids is 2. The predicted molar refractivity (Wildman–Crippen MR) is 80.4 cm³/mol. The minimum absolute atomic E-state index is 0.0535. The summed E-state index contributed by atoms with van der Waals surface area (Å²) in [6.07, 6.45) is 0. The second-order valence-electron chi connectivity index (χ2n) is 5.45. The molecule has 5 heteroatoms. The van der Waals surface area contributed by atoms with Gasteiger partial charge in [-0.25, -0.2) is 0 Å². The highest BCUT2D eigenvalue weighted by Crippen LogP contribution is 2.20. The Kier molecular flexibility index (Phi) is 5.64. The zero-order valence-corrected chi connectivity index (χ0v) is 12.8. The Bertz CT molecular complexity index is 534. The van der Waals surface area contributed by atoms with E-state index in [1.54, 1.807) is 45.0 Å². The lowest BCUT2D eigenvalue weighted by Gasteiger charge is -2.26. The summed E-state index contributed by atoms with van der Waals surface area (Å²) in [4.78, 5) is 36.0. The van der Waals surface area contributed by atoms with Gasteiger partial charge in [0.05, 0.1) is 5.92 Å². The number of carboxylic acids is 1. The topological polar surface area (TPSA) is 74.7 Å². The quantitative estimate of drug-likeness (QED) is 0.817. The summed E-state index contributed by atoms with van der Waals surface area (Å²) in [7, 11) is 0. The molecular formula is C16H21NO4. The molecule has 0 aliphatic rings. The molecule has 5 nitrogen and oxygen atoms in total. The molecule has 0 aromatic heterocycles. The monoisotopic (exact) mass is 291 g/mol. The lowest BCUT2D eigenvalue weighted by atomic mass is 10.1. The smallest absolute Gasteiger partial charge is 0.308 e. The van der Waals surface area contributed by atoms with Gasteiger partial charge in [-0.15, -0.1) is 0 Å². The molecule has 1 aromatic rings. The van der Waals surface area contributed by atoms with Crippen LogP contribution < -0.4 is 4.90 Å². The maximum absolute atomic E-state index is 12.3. The van der Waals surface area contributed by atoms with Gasteiger partial charge in [0.1, 0.15) is 0 Å². The van der Waals surface area contributed by atoms with E-state index in [1.165, 1.54) is 11.8 Å². The zero-order valence-electron chi connectivity index (χ0n) is 12.8. The van der Waals surface area contributed by atoms with E-state index in [-0.39, 0.29) is 24.2 Å². The third kappa shape index (κ3) is 4.41. The van der Waals surface area contributed by atoms with Crippen LogP contribution >= 0.6 is 0 Å². The highest BCUT2D eigenvalue weighted by molar-refractivity contribution is 5.97. The van der Waals surface area contributed by atoms with Crippen LogP contribution in [0.2, 0.25) is 0 Å². The van der Waals surface area contributed by atoms with Crippen molar-refractivity contribution in [3.8, 4) is 0 Å². The summed E-state index contributed by atoms with van der Waals surface area (Å²) in [5.41, 5.74) is 1.16. The average molecular weight is 291 g/mol. The molecule has 1 aromatic carbocycles. The molecular weight excluding hydrogens is 270 g/mol. The number of carbonyl (C=O) groups is 3. The fourth-order valence-electron chi connectivity index (χ4n) is 1.86. The van der Waals surface area contributed by atoms with Crippen molar-refractivity contribution in [1.29, 1.82) is 0 Å². The van der Waals surface area contributed by atoms with Gasteiger partial charge >= 0.3 is 5.97 Å². The number of hydrogen-bond acceptors (Lipinski definition) is 3. The molecule has 0 fully saturated rings. The molecule has 0 aliphatic carbocycles. The normalized spacial score (nSPS) is 12.0. The van der Waals surface area contributed by atoms with Crippen molar-refractivity contribution in [2.45, 2.75) is 27.7 Å². The number of amides is 1. The zero-order chi connectivity index (χ0) is 16.2. The standard InChI is InChI=1S/C16H21NO4/c1-10(2)15(19)17(9-11(3)16(20)21)14-7-5-13(6-8-14)12(4)18/h5-8,10-11H,9H2,1-4H3,(H,20,21). The second-order valence-corrected chi connectivity index (χ2v) is 5.45. The van der Waals surface area contributed by atoms with E-state index in [2.05, 4.69) is 0 Å². The van der Waals surface area contributed by atoms with Crippen molar-refractivity contribution in [2.24, 2.45) is 11.8 Å². The SMILES string of the molecule is CC(=O)c1ccc(N(CC(C)C(=O)O)C(=O)C(C)C)cc1. The van der Waals surface area contributed by atoms with Crippen LogP contribution in [-0.2, 0) is 9.59 Å². The Morgan fingerprint density at radius 1 is 1.10 bits per heavy atom. The van der Waals surface area contributed by atoms with Crippen LogP contribution in [0, 0.1) is 11.8 Å². The van der Waals surface area contributed by atoms with Crippen molar-refractivity contribution in [1.82, 2.24) is 0 Å². The van der Waals surface area contributed by atoms with E-state index in [0.29, 0.717) is 11.3 Å². The van der Waals surface area contributed by atoms with E-state index in [0.717, 1.165) is 0 Å². The highest BCUT2D eigenvalue weighted by atomic mass is 16.4. The van der Waals surface area contributed by atoms with Crippen LogP contribution in [0.3, 0.4) is 0 Å². The van der Waals surface area contributed by atoms with E-state index in [4.69, 9.17) is 5.11 Å². The summed E-state index contributed by atoms with van der Waals surface area (Å²) >= 11 is 0. The van der Waals surface area contributed by atoms with Crippen LogP contribution in [0.5, 0.6) is 0 Å². The third-order valence-corrected chi connectivity index (χ3v) is 3.22. The fraction of sp³-hybridized carbons (Fsp3) is 0.438. The number of ketones is 1. The summed E-state index contributed by atoms with van der Waals surface area (Å²) in [5, 5.41) is 9.03. The number of Topliss-reactive ketones (excluding diaryl/α,β-unsaturated/α-hetero) is 1. The van der Waals surface area contributed by atoms with Crippen molar-refractivity contribution in [2.75, 3.05) is 11.4 Å². The minimum Gasteiger partial charge on any atom is -0.481 e. The van der Waals surface area contributed by atoms with Gasteiger partial charge in [0.15, 0.2) is 5.78 Å². The van der Waals surface area contributed by atoms with Gasteiger partial charge in [-0.2, -0.15) is 0 Å². The van der Waals surface area contributed by atoms with E-state index in [9.17, 15) is 14.4 Å². The summed E-state index contributed by atoms with van der Waals surface area (Å²) in [5.74, 6) is -2.04. The third-order valence-electron chi connectivity index (χ3n) is 3.22. The molecule has 0 radical (unpaired) electrons. The maximum atomic E-state index is 12.3. The molecule has 1 atom stereocenters. The van der Waals surface area contributed by atoms with Crippen LogP contribution in [-0.4, -0.2) is 29.3 Å². The predicted octanol–water partition coefficient (Wildman–Crippen LogP) is 2.60. The van der Waals surface area contributed by atoms with Gasteiger partial charge < -0.3 is 10.0 Å². The Balaban J connectivity index is 3.08. The Morgan fingerprint density at radius 2 is 1.62 bits per heavy atom. The minimum atomic E-state index is -0.947.